The summed E-state index contributed by atoms with van der Waals surface area (Å²) in [5.74, 6) is 0. The summed E-state index contributed by atoms with van der Waals surface area (Å²) >= 11 is 0. The van der Waals surface area contributed by atoms with Gasteiger partial charge in [-0.05, 0) is 65.6 Å². The molecule has 5 aromatic carbocycles. The highest BCUT2D eigenvalue weighted by Crippen LogP contribution is 2.36. The number of rotatable bonds is 6. The summed E-state index contributed by atoms with van der Waals surface area (Å²) in [6.45, 7) is 2.03. The van der Waals surface area contributed by atoms with Crippen molar-refractivity contribution in [3.05, 3.63) is 163 Å². The van der Waals surface area contributed by atoms with Crippen LogP contribution in [0.2, 0.25) is 0 Å². The van der Waals surface area contributed by atoms with Crippen molar-refractivity contribution in [2.75, 3.05) is 0 Å². The lowest BCUT2D eigenvalue weighted by Gasteiger charge is -2.19. The first-order valence-electron chi connectivity index (χ1n) is 13.3. The smallest absolute Gasteiger partial charge is 0.134 e. The Morgan fingerprint density at radius 3 is 1.25 bits per heavy atom. The minimum Gasteiger partial charge on any atom is -0.134 e. The molecule has 1 heterocycles. The standard InChI is InChI=1S/C37H28F2N/c1-27-17-19-29(20-18-27)30-21-23-34(24-22-30)37(38,39)40-35(31-13-7-3-8-14-31)25-33(28-11-5-2-6-12-28)26-36(40)32-15-9-4-10-16-32/h2-26H,1H3/q+1. The van der Waals surface area contributed by atoms with Gasteiger partial charge in [-0.15, -0.1) is 13.3 Å². The quantitative estimate of drug-likeness (QED) is 0.191. The summed E-state index contributed by atoms with van der Waals surface area (Å²) in [4.78, 5) is 0. The highest BCUT2D eigenvalue weighted by molar-refractivity contribution is 5.74. The monoisotopic (exact) mass is 524 g/mol. The number of hydrogen-bond donors (Lipinski definition) is 0. The fourth-order valence-electron chi connectivity index (χ4n) is 5.08. The minimum absolute atomic E-state index is 0.0739. The molecule has 0 atom stereocenters. The molecule has 194 valence electrons. The third-order valence-electron chi connectivity index (χ3n) is 7.21. The number of alkyl halides is 2. The van der Waals surface area contributed by atoms with Crippen LogP contribution >= 0.6 is 0 Å². The Morgan fingerprint density at radius 1 is 0.425 bits per heavy atom. The highest BCUT2D eigenvalue weighted by Gasteiger charge is 2.48. The van der Waals surface area contributed by atoms with Gasteiger partial charge in [0.15, 0.2) is 0 Å². The molecule has 3 heteroatoms. The van der Waals surface area contributed by atoms with Gasteiger partial charge in [0.1, 0.15) is 0 Å². The maximum absolute atomic E-state index is 16.9. The van der Waals surface area contributed by atoms with E-state index in [-0.39, 0.29) is 5.56 Å². The van der Waals surface area contributed by atoms with Crippen molar-refractivity contribution in [2.45, 2.75) is 13.0 Å². The van der Waals surface area contributed by atoms with Crippen LogP contribution in [0.25, 0.3) is 44.8 Å². The van der Waals surface area contributed by atoms with E-state index in [0.717, 1.165) is 27.8 Å². The Morgan fingerprint density at radius 2 is 0.800 bits per heavy atom. The summed E-state index contributed by atoms with van der Waals surface area (Å²) in [5, 5.41) is 0. The van der Waals surface area contributed by atoms with Gasteiger partial charge in [0.05, 0.1) is 5.56 Å². The molecule has 0 bridgehead atoms. The molecule has 0 saturated carbocycles. The van der Waals surface area contributed by atoms with Crippen molar-refractivity contribution in [2.24, 2.45) is 0 Å². The van der Waals surface area contributed by atoms with Gasteiger partial charge in [-0.2, -0.15) is 0 Å². The second-order valence-corrected chi connectivity index (χ2v) is 9.93. The largest absolute Gasteiger partial charge is 0.490 e. The summed E-state index contributed by atoms with van der Waals surface area (Å²) in [5.41, 5.74) is 7.13. The first-order valence-corrected chi connectivity index (χ1v) is 13.3. The van der Waals surface area contributed by atoms with E-state index in [2.05, 4.69) is 0 Å². The van der Waals surface area contributed by atoms with Crippen LogP contribution < -0.4 is 4.57 Å². The molecule has 1 aromatic heterocycles. The molecule has 0 aliphatic carbocycles. The Kier molecular flexibility index (Phi) is 6.79. The zero-order chi connectivity index (χ0) is 27.5. The fraction of sp³-hybridized carbons (Fsp3) is 0.0541. The molecule has 0 aliphatic rings. The normalized spacial score (nSPS) is 11.4. The summed E-state index contributed by atoms with van der Waals surface area (Å²) in [7, 11) is 0. The van der Waals surface area contributed by atoms with Crippen LogP contribution in [0.15, 0.2) is 152 Å². The number of aromatic nitrogens is 1. The van der Waals surface area contributed by atoms with Crippen LogP contribution in [0.1, 0.15) is 11.1 Å². The molecule has 0 spiro atoms. The number of benzene rings is 5. The molecule has 0 N–H and O–H groups in total. The number of aryl methyl sites for hydroxylation is 1. The van der Waals surface area contributed by atoms with Crippen LogP contribution in [0.4, 0.5) is 8.78 Å². The van der Waals surface area contributed by atoms with Gasteiger partial charge >= 0.3 is 6.05 Å². The SMILES string of the molecule is Cc1ccc(-c2ccc(C(F)(F)[n+]3c(-c4ccccc4)cc(-c4ccccc4)cc3-c3ccccc3)cc2)cc1. The van der Waals surface area contributed by atoms with E-state index >= 15 is 8.78 Å². The summed E-state index contributed by atoms with van der Waals surface area (Å²) in [6, 6.07) is 43.8. The second kappa shape index (κ2) is 10.7. The Labute approximate surface area is 233 Å². The molecule has 0 aliphatic heterocycles. The van der Waals surface area contributed by atoms with Crippen molar-refractivity contribution in [1.82, 2.24) is 0 Å². The Balaban J connectivity index is 1.58. The van der Waals surface area contributed by atoms with E-state index in [4.69, 9.17) is 0 Å². The van der Waals surface area contributed by atoms with Crippen molar-refractivity contribution in [3.63, 3.8) is 0 Å². The molecule has 40 heavy (non-hydrogen) atoms. The van der Waals surface area contributed by atoms with Crippen LogP contribution in [-0.4, -0.2) is 0 Å². The van der Waals surface area contributed by atoms with E-state index in [9.17, 15) is 0 Å². The maximum atomic E-state index is 16.9. The zero-order valence-corrected chi connectivity index (χ0v) is 22.1. The van der Waals surface area contributed by atoms with E-state index in [1.54, 1.807) is 12.1 Å². The topological polar surface area (TPSA) is 3.88 Å². The van der Waals surface area contributed by atoms with Crippen molar-refractivity contribution < 1.29 is 13.3 Å². The molecule has 0 fully saturated rings. The predicted octanol–water partition coefficient (Wildman–Crippen LogP) is 9.55. The summed E-state index contributed by atoms with van der Waals surface area (Å²) in [6.07, 6.45) is 0. The molecule has 0 amide bonds. The lowest BCUT2D eigenvalue weighted by molar-refractivity contribution is -0.793. The van der Waals surface area contributed by atoms with Crippen molar-refractivity contribution in [1.29, 1.82) is 0 Å². The summed E-state index contributed by atoms with van der Waals surface area (Å²) < 4.78 is 34.9. The Hall–Kier alpha value is -4.89. The molecule has 1 nitrogen and oxygen atoms in total. The molecular weight excluding hydrogens is 496 g/mol. The second-order valence-electron chi connectivity index (χ2n) is 9.93. The lowest BCUT2D eigenvalue weighted by atomic mass is 9.97. The van der Waals surface area contributed by atoms with Crippen LogP contribution in [0.5, 0.6) is 0 Å². The van der Waals surface area contributed by atoms with Gasteiger partial charge in [-0.1, -0.05) is 109 Å². The lowest BCUT2D eigenvalue weighted by Crippen LogP contribution is -2.54. The van der Waals surface area contributed by atoms with E-state index in [1.165, 1.54) is 16.7 Å². The van der Waals surface area contributed by atoms with E-state index in [1.807, 2.05) is 134 Å². The van der Waals surface area contributed by atoms with Crippen LogP contribution in [-0.2, 0) is 6.05 Å². The first-order chi connectivity index (χ1) is 19.5. The maximum Gasteiger partial charge on any atom is 0.490 e. The average Bonchev–Trinajstić information content (AvgIpc) is 3.02. The number of halogens is 2. The number of hydrogen-bond acceptors (Lipinski definition) is 0. The molecule has 0 saturated heterocycles. The highest BCUT2D eigenvalue weighted by atomic mass is 19.3. The van der Waals surface area contributed by atoms with Gasteiger partial charge in [-0.3, -0.25) is 0 Å². The van der Waals surface area contributed by atoms with Crippen LogP contribution in [0.3, 0.4) is 0 Å². The zero-order valence-electron chi connectivity index (χ0n) is 22.1. The van der Waals surface area contributed by atoms with Gasteiger partial charge in [0.2, 0.25) is 11.4 Å². The predicted molar refractivity (Wildman–Crippen MR) is 159 cm³/mol. The average molecular weight is 525 g/mol. The first kappa shape index (κ1) is 25.4. The number of pyridine rings is 1. The van der Waals surface area contributed by atoms with Gasteiger partial charge in [0.25, 0.3) is 0 Å². The van der Waals surface area contributed by atoms with Gasteiger partial charge in [0, 0.05) is 23.3 Å². The van der Waals surface area contributed by atoms with E-state index < -0.39 is 6.05 Å². The van der Waals surface area contributed by atoms with Crippen LogP contribution in [0, 0.1) is 6.92 Å². The molecule has 0 radical (unpaired) electrons. The van der Waals surface area contributed by atoms with E-state index in [0.29, 0.717) is 22.5 Å². The van der Waals surface area contributed by atoms with Gasteiger partial charge in [-0.25, -0.2) is 0 Å². The third kappa shape index (κ3) is 4.94. The molecule has 0 unspecified atom stereocenters. The van der Waals surface area contributed by atoms with Crippen molar-refractivity contribution in [3.8, 4) is 44.8 Å². The van der Waals surface area contributed by atoms with Crippen molar-refractivity contribution >= 4 is 0 Å². The van der Waals surface area contributed by atoms with Gasteiger partial charge < -0.3 is 0 Å². The minimum atomic E-state index is -3.34. The molecular formula is C37H28F2N+. The third-order valence-corrected chi connectivity index (χ3v) is 7.21. The Bertz CT molecular complexity index is 1670. The number of nitrogens with zero attached hydrogens (tertiary/aromatic N) is 1. The molecule has 6 aromatic rings. The fourth-order valence-corrected chi connectivity index (χ4v) is 5.08. The molecule has 6 rings (SSSR count).